The minimum atomic E-state index is -0.581. The molecule has 1 N–H and O–H groups in total. The summed E-state index contributed by atoms with van der Waals surface area (Å²) in [5, 5.41) is 14.1. The lowest BCUT2D eigenvalue weighted by atomic mass is 9.91. The van der Waals surface area contributed by atoms with Crippen molar-refractivity contribution in [3.8, 4) is 10.7 Å². The molecule has 0 radical (unpaired) electrons. The number of aliphatic hydroxyl groups is 1. The largest absolute Gasteiger partial charge is 0.385 e. The number of nitrogens with zero attached hydrogens (tertiary/aromatic N) is 5. The van der Waals surface area contributed by atoms with Crippen LogP contribution in [-0.4, -0.2) is 37.7 Å². The third-order valence-electron chi connectivity index (χ3n) is 5.65. The van der Waals surface area contributed by atoms with Crippen molar-refractivity contribution in [2.45, 2.75) is 18.9 Å². The van der Waals surface area contributed by atoms with Crippen molar-refractivity contribution in [3.63, 3.8) is 0 Å². The van der Waals surface area contributed by atoms with Crippen molar-refractivity contribution in [1.29, 1.82) is 0 Å². The van der Waals surface area contributed by atoms with Gasteiger partial charge >= 0.3 is 0 Å². The Balaban J connectivity index is 1.52. The van der Waals surface area contributed by atoms with Crippen LogP contribution >= 0.6 is 11.3 Å². The van der Waals surface area contributed by atoms with E-state index in [9.17, 15) is 5.11 Å². The Morgan fingerprint density at radius 2 is 2.07 bits per heavy atom. The predicted octanol–water partition coefficient (Wildman–Crippen LogP) is 4.04. The number of aromatic nitrogens is 4. The second-order valence-electron chi connectivity index (χ2n) is 7.55. The van der Waals surface area contributed by atoms with Crippen LogP contribution in [0.4, 0.5) is 5.82 Å². The third kappa shape index (κ3) is 3.41. The van der Waals surface area contributed by atoms with Gasteiger partial charge in [-0.3, -0.25) is 0 Å². The van der Waals surface area contributed by atoms with E-state index < -0.39 is 6.10 Å². The maximum Gasteiger partial charge on any atom is 0.172 e. The molecule has 0 amide bonds. The molecule has 5 rings (SSSR count). The SMILES string of the molecule is Cn1ccnc1C(O)C1CCCN(c2nc(-c3cccs3)nc3ccccc23)C1. The quantitative estimate of drug-likeness (QED) is 0.555. The van der Waals surface area contributed by atoms with Gasteiger partial charge in [0.15, 0.2) is 5.82 Å². The maximum absolute atomic E-state index is 11.0. The summed E-state index contributed by atoms with van der Waals surface area (Å²) in [6, 6.07) is 12.3. The first-order valence-electron chi connectivity index (χ1n) is 9.91. The Morgan fingerprint density at radius 1 is 1.17 bits per heavy atom. The number of benzene rings is 1. The van der Waals surface area contributed by atoms with Crippen LogP contribution < -0.4 is 4.90 Å². The molecule has 2 unspecified atom stereocenters. The van der Waals surface area contributed by atoms with Gasteiger partial charge in [0.25, 0.3) is 0 Å². The number of imidazole rings is 1. The second-order valence-corrected chi connectivity index (χ2v) is 8.50. The van der Waals surface area contributed by atoms with E-state index >= 15 is 0 Å². The van der Waals surface area contributed by atoms with Crippen molar-refractivity contribution >= 4 is 28.1 Å². The molecule has 6 nitrogen and oxygen atoms in total. The van der Waals surface area contributed by atoms with E-state index in [0.29, 0.717) is 0 Å². The van der Waals surface area contributed by atoms with Crippen LogP contribution in [0.15, 0.2) is 54.2 Å². The summed E-state index contributed by atoms with van der Waals surface area (Å²) in [6.07, 6.45) is 5.03. The summed E-state index contributed by atoms with van der Waals surface area (Å²) in [5.74, 6) is 2.56. The fourth-order valence-electron chi connectivity index (χ4n) is 4.15. The predicted molar refractivity (Wildman–Crippen MR) is 116 cm³/mol. The van der Waals surface area contributed by atoms with Crippen molar-refractivity contribution in [2.75, 3.05) is 18.0 Å². The van der Waals surface area contributed by atoms with Crippen LogP contribution in [-0.2, 0) is 7.05 Å². The molecule has 0 aliphatic carbocycles. The minimum absolute atomic E-state index is 0.115. The summed E-state index contributed by atoms with van der Waals surface area (Å²) in [6.45, 7) is 1.67. The van der Waals surface area contributed by atoms with Crippen molar-refractivity contribution in [1.82, 2.24) is 19.5 Å². The zero-order valence-electron chi connectivity index (χ0n) is 16.3. The van der Waals surface area contributed by atoms with Gasteiger partial charge in [0.1, 0.15) is 17.7 Å². The number of aliphatic hydroxyl groups excluding tert-OH is 1. The molecule has 4 aromatic rings. The smallest absolute Gasteiger partial charge is 0.172 e. The molecule has 1 aliphatic rings. The highest BCUT2D eigenvalue weighted by atomic mass is 32.1. The number of piperidine rings is 1. The van der Waals surface area contributed by atoms with Crippen LogP contribution in [0, 0.1) is 5.92 Å². The van der Waals surface area contributed by atoms with Gasteiger partial charge in [-0.15, -0.1) is 11.3 Å². The summed E-state index contributed by atoms with van der Waals surface area (Å²) in [5.41, 5.74) is 0.952. The number of para-hydroxylation sites is 1. The van der Waals surface area contributed by atoms with E-state index in [2.05, 4.69) is 22.0 Å². The molecule has 3 aromatic heterocycles. The number of hydrogen-bond donors (Lipinski definition) is 1. The van der Waals surface area contributed by atoms with E-state index in [0.717, 1.165) is 59.2 Å². The number of fused-ring (bicyclic) bond motifs is 1. The van der Waals surface area contributed by atoms with Crippen LogP contribution in [0.2, 0.25) is 0 Å². The van der Waals surface area contributed by atoms with Gasteiger partial charge in [0, 0.05) is 43.8 Å². The summed E-state index contributed by atoms with van der Waals surface area (Å²) in [4.78, 5) is 17.5. The average Bonchev–Trinajstić information content (AvgIpc) is 3.44. The first-order valence-corrected chi connectivity index (χ1v) is 10.8. The molecule has 1 aromatic carbocycles. The van der Waals surface area contributed by atoms with Crippen molar-refractivity contribution in [3.05, 3.63) is 60.0 Å². The fraction of sp³-hybridized carbons (Fsp3) is 0.318. The normalized spacial score (nSPS) is 18.3. The van der Waals surface area contributed by atoms with Gasteiger partial charge in [0.2, 0.25) is 0 Å². The molecule has 2 atom stereocenters. The van der Waals surface area contributed by atoms with E-state index in [1.54, 1.807) is 17.5 Å². The topological polar surface area (TPSA) is 67.1 Å². The van der Waals surface area contributed by atoms with Gasteiger partial charge in [-0.25, -0.2) is 15.0 Å². The van der Waals surface area contributed by atoms with Crippen molar-refractivity contribution < 1.29 is 5.11 Å². The van der Waals surface area contributed by atoms with E-state index in [-0.39, 0.29) is 5.92 Å². The molecule has 4 heterocycles. The standard InChI is InChI=1S/C22H23N5OS/c1-26-12-10-23-22(26)19(28)15-6-4-11-27(14-15)21-16-7-2-3-8-17(16)24-20(25-21)18-9-5-13-29-18/h2-3,5,7-10,12-13,15,19,28H,4,6,11,14H2,1H3. The molecule has 1 aliphatic heterocycles. The molecule has 148 valence electrons. The summed E-state index contributed by atoms with van der Waals surface area (Å²) in [7, 11) is 1.93. The van der Waals surface area contributed by atoms with Crippen LogP contribution in [0.3, 0.4) is 0 Å². The fourth-order valence-corrected chi connectivity index (χ4v) is 4.81. The molecule has 0 spiro atoms. The average molecular weight is 406 g/mol. The molecular weight excluding hydrogens is 382 g/mol. The highest BCUT2D eigenvalue weighted by Crippen LogP contribution is 2.34. The van der Waals surface area contributed by atoms with E-state index in [1.807, 2.05) is 47.5 Å². The molecular formula is C22H23N5OS. The Labute approximate surface area is 173 Å². The highest BCUT2D eigenvalue weighted by Gasteiger charge is 2.30. The van der Waals surface area contributed by atoms with Crippen LogP contribution in [0.1, 0.15) is 24.8 Å². The van der Waals surface area contributed by atoms with E-state index in [4.69, 9.17) is 9.97 Å². The summed E-state index contributed by atoms with van der Waals surface area (Å²) < 4.78 is 1.90. The monoisotopic (exact) mass is 405 g/mol. The highest BCUT2D eigenvalue weighted by molar-refractivity contribution is 7.13. The zero-order valence-corrected chi connectivity index (χ0v) is 17.1. The Hall–Kier alpha value is -2.77. The number of anilines is 1. The third-order valence-corrected chi connectivity index (χ3v) is 6.52. The second kappa shape index (κ2) is 7.57. The molecule has 0 bridgehead atoms. The lowest BCUT2D eigenvalue weighted by Gasteiger charge is -2.36. The molecule has 1 fully saturated rings. The molecule has 1 saturated heterocycles. The first kappa shape index (κ1) is 18.3. The number of aryl methyl sites for hydroxylation is 1. The van der Waals surface area contributed by atoms with Crippen LogP contribution in [0.5, 0.6) is 0 Å². The Kier molecular flexibility index (Phi) is 4.77. The molecule has 7 heteroatoms. The number of hydrogen-bond acceptors (Lipinski definition) is 6. The van der Waals surface area contributed by atoms with Gasteiger partial charge in [-0.1, -0.05) is 18.2 Å². The van der Waals surface area contributed by atoms with Gasteiger partial charge in [-0.2, -0.15) is 0 Å². The summed E-state index contributed by atoms with van der Waals surface area (Å²) >= 11 is 1.65. The lowest BCUT2D eigenvalue weighted by molar-refractivity contribution is 0.0874. The Bertz CT molecular complexity index is 1120. The van der Waals surface area contributed by atoms with E-state index in [1.165, 1.54) is 0 Å². The molecule has 0 saturated carbocycles. The lowest BCUT2D eigenvalue weighted by Crippen LogP contribution is -2.39. The first-order chi connectivity index (χ1) is 14.2. The van der Waals surface area contributed by atoms with Crippen LogP contribution in [0.25, 0.3) is 21.6 Å². The van der Waals surface area contributed by atoms with Crippen molar-refractivity contribution in [2.24, 2.45) is 13.0 Å². The Morgan fingerprint density at radius 3 is 2.86 bits per heavy atom. The molecule has 29 heavy (non-hydrogen) atoms. The zero-order chi connectivity index (χ0) is 19.8. The van der Waals surface area contributed by atoms with Gasteiger partial charge < -0.3 is 14.6 Å². The number of thiophene rings is 1. The maximum atomic E-state index is 11.0. The minimum Gasteiger partial charge on any atom is -0.385 e. The number of rotatable bonds is 4. The van der Waals surface area contributed by atoms with Gasteiger partial charge in [-0.05, 0) is 36.4 Å². The van der Waals surface area contributed by atoms with Gasteiger partial charge in [0.05, 0.1) is 10.4 Å².